The molecule has 170 valence electrons. The number of hydrogen-bond donors (Lipinski definition) is 2. The van der Waals surface area contributed by atoms with Crippen molar-refractivity contribution in [1.29, 1.82) is 0 Å². The summed E-state index contributed by atoms with van der Waals surface area (Å²) in [5.41, 5.74) is 3.62. The summed E-state index contributed by atoms with van der Waals surface area (Å²) < 4.78 is 11.4. The Morgan fingerprint density at radius 3 is 2.72 bits per heavy atom. The highest BCUT2D eigenvalue weighted by Gasteiger charge is 2.25. The first kappa shape index (κ1) is 22.1. The van der Waals surface area contributed by atoms with Crippen LogP contribution in [0.5, 0.6) is 5.75 Å². The summed E-state index contributed by atoms with van der Waals surface area (Å²) in [6.45, 7) is 6.82. The van der Waals surface area contributed by atoms with Gasteiger partial charge in [-0.25, -0.2) is 0 Å². The Kier molecular flexibility index (Phi) is 6.95. The summed E-state index contributed by atoms with van der Waals surface area (Å²) >= 11 is 0. The number of carbonyl (C=O) groups is 1. The van der Waals surface area contributed by atoms with E-state index >= 15 is 0 Å². The highest BCUT2D eigenvalue weighted by Crippen LogP contribution is 2.30. The summed E-state index contributed by atoms with van der Waals surface area (Å²) in [7, 11) is 0. The molecule has 0 bridgehead atoms. The number of anilines is 1. The van der Waals surface area contributed by atoms with Gasteiger partial charge in [-0.1, -0.05) is 18.2 Å². The molecule has 2 N–H and O–H groups in total. The number of benzene rings is 1. The zero-order chi connectivity index (χ0) is 22.5. The highest BCUT2D eigenvalue weighted by atomic mass is 16.5. The van der Waals surface area contributed by atoms with Crippen molar-refractivity contribution in [3.05, 3.63) is 69.2 Å². The molecule has 2 aliphatic rings. The smallest absolute Gasteiger partial charge is 0.256 e. The lowest BCUT2D eigenvalue weighted by Crippen LogP contribution is -2.40. The number of aryl methyl sites for hydroxylation is 1. The van der Waals surface area contributed by atoms with Gasteiger partial charge in [0.15, 0.2) is 0 Å². The topological polar surface area (TPSA) is 83.7 Å². The molecule has 3 heterocycles. The van der Waals surface area contributed by atoms with E-state index in [0.717, 1.165) is 49.5 Å². The number of H-pyrrole nitrogens is 1. The summed E-state index contributed by atoms with van der Waals surface area (Å²) in [5, 5.41) is 2.94. The number of aromatic amines is 1. The zero-order valence-electron chi connectivity index (χ0n) is 18.8. The largest absolute Gasteiger partial charge is 0.489 e. The van der Waals surface area contributed by atoms with Crippen molar-refractivity contribution in [2.75, 3.05) is 31.3 Å². The van der Waals surface area contributed by atoms with Crippen LogP contribution < -0.4 is 20.5 Å². The van der Waals surface area contributed by atoms with Gasteiger partial charge in [-0.15, -0.1) is 0 Å². The van der Waals surface area contributed by atoms with E-state index in [1.807, 2.05) is 31.2 Å². The molecule has 1 fully saturated rings. The number of nitrogens with zero attached hydrogens (tertiary/aromatic N) is 1. The van der Waals surface area contributed by atoms with Gasteiger partial charge in [0.05, 0.1) is 12.1 Å². The number of nitrogens with one attached hydrogen (secondary N) is 2. The Morgan fingerprint density at radius 2 is 1.94 bits per heavy atom. The molecule has 32 heavy (non-hydrogen) atoms. The molecule has 0 aliphatic carbocycles. The minimum atomic E-state index is -0.244. The minimum Gasteiger partial charge on any atom is -0.489 e. The Morgan fingerprint density at radius 1 is 1.12 bits per heavy atom. The third kappa shape index (κ3) is 4.72. The molecular weight excluding hydrogens is 406 g/mol. The monoisotopic (exact) mass is 437 g/mol. The fourth-order valence-corrected chi connectivity index (χ4v) is 4.55. The van der Waals surface area contributed by atoms with Crippen molar-refractivity contribution in [3.63, 3.8) is 0 Å². The van der Waals surface area contributed by atoms with Crippen LogP contribution in [0.25, 0.3) is 0 Å². The van der Waals surface area contributed by atoms with Crippen LogP contribution in [-0.2, 0) is 17.7 Å². The first-order valence-corrected chi connectivity index (χ1v) is 11.3. The van der Waals surface area contributed by atoms with Crippen molar-refractivity contribution < 1.29 is 14.3 Å². The first-order valence-electron chi connectivity index (χ1n) is 11.3. The first-order chi connectivity index (χ1) is 15.6. The van der Waals surface area contributed by atoms with Gasteiger partial charge in [0.2, 0.25) is 0 Å². The average Bonchev–Trinajstić information content (AvgIpc) is 2.79. The number of carbonyl (C=O) groups excluding carboxylic acids is 1. The molecule has 1 aromatic heterocycles. The summed E-state index contributed by atoms with van der Waals surface area (Å²) in [4.78, 5) is 30.9. The zero-order valence-corrected chi connectivity index (χ0v) is 18.8. The predicted octanol–water partition coefficient (Wildman–Crippen LogP) is 3.11. The van der Waals surface area contributed by atoms with Crippen LogP contribution in [0, 0.1) is 6.92 Å². The quantitative estimate of drug-likeness (QED) is 0.721. The van der Waals surface area contributed by atoms with Crippen LogP contribution in [0.4, 0.5) is 5.69 Å². The molecule has 1 saturated heterocycles. The van der Waals surface area contributed by atoms with Crippen molar-refractivity contribution in [1.82, 2.24) is 10.3 Å². The number of amides is 1. The summed E-state index contributed by atoms with van der Waals surface area (Å²) in [6, 6.07) is 8.10. The second kappa shape index (κ2) is 10.0. The molecule has 1 amide bonds. The maximum absolute atomic E-state index is 13.2. The molecule has 1 aromatic carbocycles. The molecule has 7 nitrogen and oxygen atoms in total. The molecule has 0 radical (unpaired) electrons. The van der Waals surface area contributed by atoms with E-state index in [0.29, 0.717) is 35.9 Å². The Hall–Kier alpha value is -3.06. The molecule has 4 rings (SSSR count). The van der Waals surface area contributed by atoms with Crippen LogP contribution in [-0.4, -0.2) is 43.3 Å². The SMILES string of the molecule is CCN(c1cccc2c1C/C=C\COc1cc(C)[nH]c(=O)c1CNC2=O)C1CCOCC1. The summed E-state index contributed by atoms with van der Waals surface area (Å²) in [6.07, 6.45) is 6.57. The van der Waals surface area contributed by atoms with Gasteiger partial charge in [-0.05, 0) is 56.9 Å². The van der Waals surface area contributed by atoms with Crippen LogP contribution in [0.1, 0.15) is 46.9 Å². The third-order valence-corrected chi connectivity index (χ3v) is 6.16. The van der Waals surface area contributed by atoms with Gasteiger partial charge < -0.3 is 24.7 Å². The standard InChI is InChI=1S/C25H31N3O4/c1-3-28(18-10-13-31-14-11-18)22-9-6-8-20-19(22)7-4-5-12-32-23-15-17(2)27-25(30)21(23)16-26-24(20)29/h4-6,8-9,15,18H,3,7,10-14,16H2,1-2H3,(H,26,29)(H,27,30)/b5-4-. The number of hydrogen-bond acceptors (Lipinski definition) is 5. The van der Waals surface area contributed by atoms with E-state index < -0.39 is 0 Å². The Balaban J connectivity index is 1.70. The number of allylic oxidation sites excluding steroid dienone is 1. The van der Waals surface area contributed by atoms with Gasteiger partial charge in [-0.2, -0.15) is 0 Å². The lowest BCUT2D eigenvalue weighted by molar-refractivity contribution is 0.0845. The van der Waals surface area contributed by atoms with Gasteiger partial charge in [-0.3, -0.25) is 9.59 Å². The lowest BCUT2D eigenvalue weighted by Gasteiger charge is -2.37. The van der Waals surface area contributed by atoms with E-state index in [2.05, 4.69) is 28.2 Å². The van der Waals surface area contributed by atoms with E-state index in [4.69, 9.17) is 9.47 Å². The van der Waals surface area contributed by atoms with Crippen molar-refractivity contribution >= 4 is 11.6 Å². The van der Waals surface area contributed by atoms with E-state index in [1.165, 1.54) is 0 Å². The van der Waals surface area contributed by atoms with Crippen LogP contribution in [0.3, 0.4) is 0 Å². The number of ether oxygens (including phenoxy) is 2. The second-order valence-electron chi connectivity index (χ2n) is 8.23. The second-order valence-corrected chi connectivity index (χ2v) is 8.23. The van der Waals surface area contributed by atoms with Gasteiger partial charge >= 0.3 is 0 Å². The van der Waals surface area contributed by atoms with Gasteiger partial charge in [0, 0.05) is 42.7 Å². The normalized spacial score (nSPS) is 18.2. The average molecular weight is 438 g/mol. The molecule has 0 atom stereocenters. The molecule has 2 aliphatic heterocycles. The molecular formula is C25H31N3O4. The molecule has 0 unspecified atom stereocenters. The van der Waals surface area contributed by atoms with Crippen molar-refractivity contribution in [2.24, 2.45) is 0 Å². The van der Waals surface area contributed by atoms with E-state index in [9.17, 15) is 9.59 Å². The van der Waals surface area contributed by atoms with Gasteiger partial charge in [0.25, 0.3) is 11.5 Å². The fraction of sp³-hybridized carbons (Fsp3) is 0.440. The highest BCUT2D eigenvalue weighted by molar-refractivity contribution is 5.97. The Bertz CT molecular complexity index is 1050. The maximum atomic E-state index is 13.2. The van der Waals surface area contributed by atoms with E-state index in [1.54, 1.807) is 6.07 Å². The fourth-order valence-electron chi connectivity index (χ4n) is 4.55. The molecule has 2 aromatic rings. The van der Waals surface area contributed by atoms with Crippen LogP contribution >= 0.6 is 0 Å². The number of rotatable bonds is 3. The number of pyridine rings is 1. The summed E-state index contributed by atoms with van der Waals surface area (Å²) in [5.74, 6) is 0.312. The lowest BCUT2D eigenvalue weighted by atomic mass is 9.97. The molecule has 7 heteroatoms. The van der Waals surface area contributed by atoms with Gasteiger partial charge in [0.1, 0.15) is 12.4 Å². The Labute approximate surface area is 188 Å². The number of aromatic nitrogens is 1. The minimum absolute atomic E-state index is 0.106. The third-order valence-electron chi connectivity index (χ3n) is 6.16. The van der Waals surface area contributed by atoms with Crippen molar-refractivity contribution in [3.8, 4) is 5.75 Å². The van der Waals surface area contributed by atoms with Crippen molar-refractivity contribution in [2.45, 2.75) is 45.7 Å². The molecule has 0 saturated carbocycles. The van der Waals surface area contributed by atoms with E-state index in [-0.39, 0.29) is 18.0 Å². The maximum Gasteiger partial charge on any atom is 0.256 e. The number of fused-ring (bicyclic) bond motifs is 2. The van der Waals surface area contributed by atoms with Crippen LogP contribution in [0.15, 0.2) is 41.2 Å². The molecule has 0 spiro atoms. The predicted molar refractivity (Wildman–Crippen MR) is 125 cm³/mol. The van der Waals surface area contributed by atoms with Crippen LogP contribution in [0.2, 0.25) is 0 Å².